The molecular weight excluding hydrogens is 502 g/mol. The van der Waals surface area contributed by atoms with Crippen LogP contribution < -0.4 is 10.9 Å². The molecule has 172 valence electrons. The first-order valence-corrected chi connectivity index (χ1v) is 12.8. The van der Waals surface area contributed by atoms with Crippen molar-refractivity contribution in [2.45, 2.75) is 5.16 Å². The lowest BCUT2D eigenvalue weighted by atomic mass is 10.2. The van der Waals surface area contributed by atoms with E-state index in [1.54, 1.807) is 24.3 Å². The molecule has 10 heteroatoms. The molecule has 3 aromatic carbocycles. The third kappa shape index (κ3) is 4.07. The highest BCUT2D eigenvalue weighted by atomic mass is 35.5. The minimum absolute atomic E-state index is 0.0524. The molecule has 35 heavy (non-hydrogen) atoms. The van der Waals surface area contributed by atoms with Gasteiger partial charge in [-0.3, -0.25) is 14.2 Å². The summed E-state index contributed by atoms with van der Waals surface area (Å²) in [4.78, 5) is 38.8. The van der Waals surface area contributed by atoms with Gasteiger partial charge in [-0.15, -0.1) is 0 Å². The minimum atomic E-state index is -0.262. The van der Waals surface area contributed by atoms with E-state index in [0.717, 1.165) is 21.1 Å². The number of carbonyl (C=O) groups excluding carboxylic acids is 1. The summed E-state index contributed by atoms with van der Waals surface area (Å²) in [5.41, 5.74) is 2.93. The summed E-state index contributed by atoms with van der Waals surface area (Å²) in [5.74, 6) is -0.184. The number of amides is 1. The van der Waals surface area contributed by atoms with Crippen molar-refractivity contribution in [3.63, 3.8) is 0 Å². The van der Waals surface area contributed by atoms with Gasteiger partial charge in [-0.25, -0.2) is 9.97 Å². The molecule has 6 rings (SSSR count). The number of thiazole rings is 1. The van der Waals surface area contributed by atoms with Crippen molar-refractivity contribution in [1.82, 2.24) is 19.5 Å². The van der Waals surface area contributed by atoms with Gasteiger partial charge in [0.25, 0.3) is 5.56 Å². The van der Waals surface area contributed by atoms with Gasteiger partial charge in [0.2, 0.25) is 5.91 Å². The van der Waals surface area contributed by atoms with Gasteiger partial charge in [-0.2, -0.15) is 0 Å². The van der Waals surface area contributed by atoms with Gasteiger partial charge in [0.15, 0.2) is 10.3 Å². The van der Waals surface area contributed by atoms with E-state index < -0.39 is 0 Å². The van der Waals surface area contributed by atoms with Crippen molar-refractivity contribution >= 4 is 77.9 Å². The number of aromatic amines is 1. The molecule has 7 nitrogen and oxygen atoms in total. The molecule has 0 aliphatic rings. The Morgan fingerprint density at radius 1 is 1.06 bits per heavy atom. The molecule has 6 aromatic rings. The van der Waals surface area contributed by atoms with Crippen LogP contribution >= 0.6 is 34.7 Å². The van der Waals surface area contributed by atoms with Gasteiger partial charge in [-0.05, 0) is 36.4 Å². The SMILES string of the molecule is O=C(CSc1nc2c([nH]c3ccccc32)c(=O)n1-c1cccc(Cl)c1)Nc1nc2ccccc2s1. The number of nitrogens with zero attached hydrogens (tertiary/aromatic N) is 3. The Balaban J connectivity index is 1.38. The minimum Gasteiger partial charge on any atom is -0.349 e. The molecule has 0 aliphatic carbocycles. The van der Waals surface area contributed by atoms with Crippen LogP contribution in [0.15, 0.2) is 82.7 Å². The van der Waals surface area contributed by atoms with Crippen molar-refractivity contribution in [1.29, 1.82) is 0 Å². The first-order valence-electron chi connectivity index (χ1n) is 10.6. The average Bonchev–Trinajstić information content (AvgIpc) is 3.44. The topological polar surface area (TPSA) is 92.7 Å². The molecule has 3 aromatic heterocycles. The second kappa shape index (κ2) is 8.84. The molecule has 0 bridgehead atoms. The van der Waals surface area contributed by atoms with E-state index in [-0.39, 0.29) is 17.2 Å². The Bertz CT molecular complexity index is 1770. The van der Waals surface area contributed by atoms with Crippen LogP contribution in [0.5, 0.6) is 0 Å². The molecule has 0 aliphatic heterocycles. The van der Waals surface area contributed by atoms with Gasteiger partial charge in [0.1, 0.15) is 11.0 Å². The summed E-state index contributed by atoms with van der Waals surface area (Å²) in [6.07, 6.45) is 0. The molecular formula is C25H16ClN5O2S2. The second-order valence-corrected chi connectivity index (χ2v) is 10.1. The van der Waals surface area contributed by atoms with Crippen LogP contribution in [0.2, 0.25) is 5.02 Å². The van der Waals surface area contributed by atoms with Gasteiger partial charge < -0.3 is 10.3 Å². The molecule has 0 atom stereocenters. The average molecular weight is 518 g/mol. The lowest BCUT2D eigenvalue weighted by Crippen LogP contribution is -2.23. The van der Waals surface area contributed by atoms with E-state index in [4.69, 9.17) is 16.6 Å². The fourth-order valence-corrected chi connectivity index (χ4v) is 5.77. The molecule has 1 amide bonds. The first kappa shape index (κ1) is 21.8. The maximum absolute atomic E-state index is 13.6. The molecule has 0 saturated carbocycles. The molecule has 0 saturated heterocycles. The highest BCUT2D eigenvalue weighted by molar-refractivity contribution is 7.99. The van der Waals surface area contributed by atoms with Crippen LogP contribution in [0.3, 0.4) is 0 Å². The number of thioether (sulfide) groups is 1. The zero-order valence-electron chi connectivity index (χ0n) is 18.0. The standard InChI is InChI=1S/C25H16ClN5O2S2/c26-14-6-5-7-15(12-14)31-23(33)22-21(16-8-1-2-9-17(16)27-22)30-25(31)34-13-20(32)29-24-28-18-10-3-4-11-19(18)35-24/h1-12,27H,13H2,(H,28,29,32). The lowest BCUT2D eigenvalue weighted by Gasteiger charge is -2.12. The third-order valence-electron chi connectivity index (χ3n) is 5.43. The summed E-state index contributed by atoms with van der Waals surface area (Å²) in [5, 5.41) is 5.12. The second-order valence-electron chi connectivity index (χ2n) is 7.73. The lowest BCUT2D eigenvalue weighted by molar-refractivity contribution is -0.113. The Labute approximate surface area is 211 Å². The zero-order chi connectivity index (χ0) is 23.9. The largest absolute Gasteiger partial charge is 0.349 e. The van der Waals surface area contributed by atoms with Crippen molar-refractivity contribution in [2.75, 3.05) is 11.1 Å². The van der Waals surface area contributed by atoms with E-state index in [2.05, 4.69) is 15.3 Å². The van der Waals surface area contributed by atoms with Crippen molar-refractivity contribution in [2.24, 2.45) is 0 Å². The van der Waals surface area contributed by atoms with E-state index in [1.165, 1.54) is 27.7 Å². The molecule has 0 radical (unpaired) electrons. The number of aromatic nitrogens is 4. The maximum atomic E-state index is 13.6. The van der Waals surface area contributed by atoms with E-state index >= 15 is 0 Å². The van der Waals surface area contributed by atoms with Gasteiger partial charge >= 0.3 is 0 Å². The number of halogens is 1. The summed E-state index contributed by atoms with van der Waals surface area (Å²) >= 11 is 8.81. The van der Waals surface area contributed by atoms with E-state index in [0.29, 0.717) is 32.0 Å². The van der Waals surface area contributed by atoms with Gasteiger partial charge in [0, 0.05) is 15.9 Å². The number of nitrogens with one attached hydrogen (secondary N) is 2. The van der Waals surface area contributed by atoms with E-state index in [1.807, 2.05) is 48.5 Å². The first-order chi connectivity index (χ1) is 17.1. The van der Waals surface area contributed by atoms with Crippen LogP contribution in [-0.2, 0) is 4.79 Å². The summed E-state index contributed by atoms with van der Waals surface area (Å²) in [6.45, 7) is 0. The molecule has 2 N–H and O–H groups in total. The van der Waals surface area contributed by atoms with Gasteiger partial charge in [-0.1, -0.05) is 71.1 Å². The fraction of sp³-hybridized carbons (Fsp3) is 0.0400. The number of hydrogen-bond acceptors (Lipinski definition) is 6. The van der Waals surface area contributed by atoms with Crippen LogP contribution in [0.25, 0.3) is 37.8 Å². The van der Waals surface area contributed by atoms with Crippen LogP contribution in [0.1, 0.15) is 0 Å². The number of benzene rings is 3. The maximum Gasteiger partial charge on any atom is 0.283 e. The normalized spacial score (nSPS) is 11.5. The number of para-hydroxylation sites is 2. The third-order valence-corrected chi connectivity index (χ3v) is 7.56. The Morgan fingerprint density at radius 3 is 2.74 bits per heavy atom. The van der Waals surface area contributed by atoms with Crippen LogP contribution in [0, 0.1) is 0 Å². The van der Waals surface area contributed by atoms with Crippen molar-refractivity contribution < 1.29 is 4.79 Å². The van der Waals surface area contributed by atoms with Crippen molar-refractivity contribution in [3.05, 3.63) is 88.2 Å². The fourth-order valence-electron chi connectivity index (χ4n) is 3.89. The number of H-pyrrole nitrogens is 1. The number of carbonyl (C=O) groups is 1. The molecule has 0 spiro atoms. The van der Waals surface area contributed by atoms with E-state index in [9.17, 15) is 9.59 Å². The highest BCUT2D eigenvalue weighted by Crippen LogP contribution is 2.28. The Kier molecular flexibility index (Phi) is 5.52. The summed E-state index contributed by atoms with van der Waals surface area (Å²) in [7, 11) is 0. The van der Waals surface area contributed by atoms with Gasteiger partial charge in [0.05, 0.1) is 21.7 Å². The number of fused-ring (bicyclic) bond motifs is 4. The number of anilines is 1. The highest BCUT2D eigenvalue weighted by Gasteiger charge is 2.18. The number of hydrogen-bond donors (Lipinski definition) is 2. The summed E-state index contributed by atoms with van der Waals surface area (Å²) < 4.78 is 2.48. The Hall–Kier alpha value is -3.66. The smallest absolute Gasteiger partial charge is 0.283 e. The molecule has 0 unspecified atom stereocenters. The zero-order valence-corrected chi connectivity index (χ0v) is 20.4. The predicted molar refractivity (Wildman–Crippen MR) is 143 cm³/mol. The predicted octanol–water partition coefficient (Wildman–Crippen LogP) is 5.86. The molecule has 3 heterocycles. The van der Waals surface area contributed by atoms with Crippen LogP contribution in [0.4, 0.5) is 5.13 Å². The quantitative estimate of drug-likeness (QED) is 0.221. The Morgan fingerprint density at radius 2 is 1.89 bits per heavy atom. The van der Waals surface area contributed by atoms with Crippen molar-refractivity contribution in [3.8, 4) is 5.69 Å². The monoisotopic (exact) mass is 517 g/mol. The summed E-state index contributed by atoms with van der Waals surface area (Å²) in [6, 6.07) is 22.3. The van der Waals surface area contributed by atoms with Crippen LogP contribution in [-0.4, -0.2) is 31.2 Å². The number of rotatable bonds is 5. The molecule has 0 fully saturated rings.